The van der Waals surface area contributed by atoms with Gasteiger partial charge in [0.25, 0.3) is 0 Å². The van der Waals surface area contributed by atoms with Gasteiger partial charge in [-0.1, -0.05) is 15.9 Å². The van der Waals surface area contributed by atoms with Gasteiger partial charge in [-0.15, -0.1) is 0 Å². The molecule has 0 saturated heterocycles. The molecule has 0 aromatic heterocycles. The monoisotopic (exact) mass is 220 g/mol. The zero-order valence-electron chi connectivity index (χ0n) is 6.33. The fourth-order valence-electron chi connectivity index (χ4n) is 0.532. The Morgan fingerprint density at radius 2 is 2.18 bits per heavy atom. The van der Waals surface area contributed by atoms with Gasteiger partial charge in [-0.2, -0.15) is 0 Å². The Kier molecular flexibility index (Phi) is 4.03. The first-order valence-electron chi connectivity index (χ1n) is 2.98. The fourth-order valence-corrected chi connectivity index (χ4v) is 1.06. The van der Waals surface area contributed by atoms with Crippen molar-refractivity contribution in [2.45, 2.75) is 19.4 Å². The summed E-state index contributed by atoms with van der Waals surface area (Å²) in [6, 6.07) is 0. The highest BCUT2D eigenvalue weighted by Gasteiger charge is 2.22. The summed E-state index contributed by atoms with van der Waals surface area (Å²) >= 11 is 2.99. The number of esters is 1. The number of ether oxygens (including phenoxy) is 1. The highest BCUT2D eigenvalue weighted by atomic mass is 79.9. The van der Waals surface area contributed by atoms with E-state index in [0.717, 1.165) is 0 Å². The second-order valence-electron chi connectivity index (χ2n) is 2.19. The van der Waals surface area contributed by atoms with Gasteiger partial charge in [-0.05, 0) is 18.0 Å². The molecule has 1 unspecified atom stereocenters. The van der Waals surface area contributed by atoms with Gasteiger partial charge in [-0.25, -0.2) is 0 Å². The molecule has 0 rings (SSSR count). The molecule has 11 heavy (non-hydrogen) atoms. The van der Waals surface area contributed by atoms with Crippen LogP contribution >= 0.6 is 15.9 Å². The Morgan fingerprint density at radius 3 is 2.45 bits per heavy atom. The minimum atomic E-state index is -1.14. The fraction of sp³-hybridized carbons (Fsp3) is 0.429. The molecule has 0 aliphatic heterocycles. The Hall–Kier alpha value is -0.640. The third kappa shape index (κ3) is 3.93. The molecule has 4 heteroatoms. The maximum Gasteiger partial charge on any atom is 0.303 e. The van der Waals surface area contributed by atoms with E-state index in [2.05, 4.69) is 15.9 Å². The molecule has 0 fully saturated rings. The van der Waals surface area contributed by atoms with Crippen LogP contribution in [-0.4, -0.2) is 17.9 Å². The van der Waals surface area contributed by atoms with Crippen LogP contribution in [0.4, 0.5) is 0 Å². The Labute approximate surface area is 73.5 Å². The summed E-state index contributed by atoms with van der Waals surface area (Å²) in [6.07, 6.45) is 2.01. The van der Waals surface area contributed by atoms with Gasteiger partial charge in [0.2, 0.25) is 0 Å². The van der Waals surface area contributed by atoms with Crippen LogP contribution in [0.1, 0.15) is 13.8 Å². The number of aldehydes is 1. The minimum absolute atomic E-state index is 0.481. The van der Waals surface area contributed by atoms with Crippen molar-refractivity contribution >= 4 is 28.2 Å². The smallest absolute Gasteiger partial charge is 0.303 e. The molecular weight excluding hydrogens is 212 g/mol. The predicted octanol–water partition coefficient (Wildman–Crippen LogP) is 1.42. The molecular formula is C7H9BrO3. The summed E-state index contributed by atoms with van der Waals surface area (Å²) in [4.78, 5) is 22.3. The van der Waals surface area contributed by atoms with Gasteiger partial charge in [0, 0.05) is 6.92 Å². The van der Waals surface area contributed by atoms with Crippen molar-refractivity contribution in [1.82, 2.24) is 0 Å². The standard InChI is InChI=1S/C7H9BrO3/c1-6(10)11-7(2,5-9)3-4-8/h3-5H,1-2H3/b4-3+. The lowest BCUT2D eigenvalue weighted by atomic mass is 10.1. The van der Waals surface area contributed by atoms with Gasteiger partial charge in [-0.3, -0.25) is 9.59 Å². The number of carbonyl (C=O) groups is 2. The third-order valence-electron chi connectivity index (χ3n) is 0.992. The minimum Gasteiger partial charge on any atom is -0.447 e. The number of carbonyl (C=O) groups excluding carboxylic acids is 2. The average molecular weight is 221 g/mol. The van der Waals surface area contributed by atoms with Crippen molar-refractivity contribution in [3.05, 3.63) is 11.1 Å². The van der Waals surface area contributed by atoms with Crippen molar-refractivity contribution in [1.29, 1.82) is 0 Å². The van der Waals surface area contributed by atoms with Crippen molar-refractivity contribution in [2.24, 2.45) is 0 Å². The largest absolute Gasteiger partial charge is 0.447 e. The van der Waals surface area contributed by atoms with Crippen molar-refractivity contribution in [2.75, 3.05) is 0 Å². The van der Waals surface area contributed by atoms with E-state index in [0.29, 0.717) is 6.29 Å². The molecule has 0 amide bonds. The Bertz CT molecular complexity index is 188. The summed E-state index contributed by atoms with van der Waals surface area (Å²) in [5.74, 6) is -0.481. The zero-order valence-corrected chi connectivity index (χ0v) is 7.92. The van der Waals surface area contributed by atoms with E-state index in [4.69, 9.17) is 4.74 Å². The quantitative estimate of drug-likeness (QED) is 0.534. The van der Waals surface area contributed by atoms with Crippen LogP contribution < -0.4 is 0 Å². The highest BCUT2D eigenvalue weighted by Crippen LogP contribution is 2.10. The van der Waals surface area contributed by atoms with Gasteiger partial charge in [0.1, 0.15) is 0 Å². The lowest BCUT2D eigenvalue weighted by Gasteiger charge is -2.17. The van der Waals surface area contributed by atoms with E-state index in [1.54, 1.807) is 0 Å². The van der Waals surface area contributed by atoms with Crippen LogP contribution in [0.15, 0.2) is 11.1 Å². The van der Waals surface area contributed by atoms with Crippen LogP contribution in [0.5, 0.6) is 0 Å². The van der Waals surface area contributed by atoms with Crippen LogP contribution in [0.25, 0.3) is 0 Å². The van der Waals surface area contributed by atoms with Crippen molar-refractivity contribution < 1.29 is 14.3 Å². The lowest BCUT2D eigenvalue weighted by molar-refractivity contribution is -0.154. The molecule has 0 aromatic rings. The molecule has 0 aromatic carbocycles. The average Bonchev–Trinajstić information content (AvgIpc) is 1.87. The van der Waals surface area contributed by atoms with Crippen molar-refractivity contribution in [3.8, 4) is 0 Å². The van der Waals surface area contributed by atoms with E-state index in [1.165, 1.54) is 24.9 Å². The predicted molar refractivity (Wildman–Crippen MR) is 44.3 cm³/mol. The van der Waals surface area contributed by atoms with Crippen LogP contribution in [0.3, 0.4) is 0 Å². The van der Waals surface area contributed by atoms with Crippen LogP contribution in [0, 0.1) is 0 Å². The van der Waals surface area contributed by atoms with Crippen LogP contribution in [-0.2, 0) is 14.3 Å². The first-order chi connectivity index (χ1) is 5.04. The molecule has 0 aliphatic carbocycles. The summed E-state index contributed by atoms with van der Waals surface area (Å²) in [6.45, 7) is 2.75. The first-order valence-corrected chi connectivity index (χ1v) is 3.89. The van der Waals surface area contributed by atoms with E-state index in [1.807, 2.05) is 0 Å². The van der Waals surface area contributed by atoms with Gasteiger partial charge < -0.3 is 4.74 Å². The normalized spacial score (nSPS) is 15.9. The summed E-state index contributed by atoms with van der Waals surface area (Å²) in [7, 11) is 0. The molecule has 0 saturated carbocycles. The van der Waals surface area contributed by atoms with Crippen molar-refractivity contribution in [3.63, 3.8) is 0 Å². The molecule has 0 N–H and O–H groups in total. The number of rotatable bonds is 3. The Morgan fingerprint density at radius 1 is 1.64 bits per heavy atom. The van der Waals surface area contributed by atoms with Gasteiger partial charge in [0.05, 0.1) is 0 Å². The molecule has 62 valence electrons. The van der Waals surface area contributed by atoms with Gasteiger partial charge in [0.15, 0.2) is 11.9 Å². The highest BCUT2D eigenvalue weighted by molar-refractivity contribution is 9.11. The Balaban J connectivity index is 4.33. The number of hydrogen-bond donors (Lipinski definition) is 0. The second-order valence-corrected chi connectivity index (χ2v) is 2.72. The third-order valence-corrected chi connectivity index (χ3v) is 1.26. The first kappa shape index (κ1) is 10.4. The van der Waals surface area contributed by atoms with Crippen LogP contribution in [0.2, 0.25) is 0 Å². The molecule has 0 heterocycles. The second kappa shape index (κ2) is 4.28. The van der Waals surface area contributed by atoms with E-state index in [9.17, 15) is 9.59 Å². The summed E-state index contributed by atoms with van der Waals surface area (Å²) < 4.78 is 4.70. The molecule has 0 radical (unpaired) electrons. The summed E-state index contributed by atoms with van der Waals surface area (Å²) in [5, 5.41) is 0. The SMILES string of the molecule is CC(=O)OC(C)(C=O)/C=C/Br. The molecule has 0 bridgehead atoms. The molecule has 1 atom stereocenters. The summed E-state index contributed by atoms with van der Waals surface area (Å²) in [5.41, 5.74) is -1.14. The maximum atomic E-state index is 10.5. The topological polar surface area (TPSA) is 43.4 Å². The lowest BCUT2D eigenvalue weighted by Crippen LogP contribution is -2.29. The van der Waals surface area contributed by atoms with E-state index in [-0.39, 0.29) is 0 Å². The number of hydrogen-bond acceptors (Lipinski definition) is 3. The zero-order chi connectivity index (χ0) is 8.91. The number of halogens is 1. The molecule has 0 spiro atoms. The molecule has 0 aliphatic rings. The molecule has 3 nitrogen and oxygen atoms in total. The van der Waals surface area contributed by atoms with E-state index >= 15 is 0 Å². The maximum absolute atomic E-state index is 10.5. The van der Waals surface area contributed by atoms with Gasteiger partial charge >= 0.3 is 5.97 Å². The van der Waals surface area contributed by atoms with E-state index < -0.39 is 11.6 Å².